The second kappa shape index (κ2) is 7.43. The van der Waals surface area contributed by atoms with E-state index in [0.717, 1.165) is 38.3 Å². The second-order valence-corrected chi connectivity index (χ2v) is 7.32. The van der Waals surface area contributed by atoms with Crippen molar-refractivity contribution in [3.8, 4) is 11.5 Å². The summed E-state index contributed by atoms with van der Waals surface area (Å²) >= 11 is 0. The molecule has 2 fully saturated rings. The Kier molecular flexibility index (Phi) is 4.97. The van der Waals surface area contributed by atoms with Gasteiger partial charge in [-0.15, -0.1) is 0 Å². The molecule has 2 aliphatic rings. The number of nitrogens with zero attached hydrogens (tertiary/aromatic N) is 2. The summed E-state index contributed by atoms with van der Waals surface area (Å²) in [6, 6.07) is 8.75. The molecule has 8 heteroatoms. The smallest absolute Gasteiger partial charge is 0.433 e. The SMILES string of the molecule is O=C(N[C@@H]1C[C@H]2CCN(C2)C1)c1ccc(Oc2ccc(C(F)(F)F)nc2)cc1. The first-order chi connectivity index (χ1) is 13.4. The van der Waals surface area contributed by atoms with Gasteiger partial charge in [-0.3, -0.25) is 4.79 Å². The average molecular weight is 391 g/mol. The summed E-state index contributed by atoms with van der Waals surface area (Å²) in [6.07, 6.45) is -1.24. The third kappa shape index (κ3) is 4.27. The van der Waals surface area contributed by atoms with E-state index in [2.05, 4.69) is 15.2 Å². The maximum atomic E-state index is 12.5. The van der Waals surface area contributed by atoms with E-state index in [-0.39, 0.29) is 17.7 Å². The molecular weight excluding hydrogens is 371 g/mol. The fourth-order valence-corrected chi connectivity index (χ4v) is 3.85. The molecule has 4 rings (SSSR count). The number of benzene rings is 1. The molecule has 2 aliphatic heterocycles. The number of carbonyl (C=O) groups is 1. The zero-order chi connectivity index (χ0) is 19.7. The summed E-state index contributed by atoms with van der Waals surface area (Å²) < 4.78 is 43.1. The van der Waals surface area contributed by atoms with Gasteiger partial charge in [0.05, 0.1) is 6.20 Å². The first-order valence-electron chi connectivity index (χ1n) is 9.21. The Hall–Kier alpha value is -2.61. The number of alkyl halides is 3. The summed E-state index contributed by atoms with van der Waals surface area (Å²) in [4.78, 5) is 18.2. The molecule has 3 atom stereocenters. The monoisotopic (exact) mass is 391 g/mol. The molecule has 0 radical (unpaired) electrons. The first-order valence-corrected chi connectivity index (χ1v) is 9.21. The van der Waals surface area contributed by atoms with Crippen LogP contribution in [0.25, 0.3) is 0 Å². The molecule has 2 saturated heterocycles. The number of aromatic nitrogens is 1. The predicted molar refractivity (Wildman–Crippen MR) is 96.2 cm³/mol. The number of carbonyl (C=O) groups excluding carboxylic acids is 1. The number of hydrogen-bond donors (Lipinski definition) is 1. The van der Waals surface area contributed by atoms with Crippen LogP contribution in [-0.2, 0) is 6.18 Å². The Bertz CT molecular complexity index is 825. The number of amides is 1. The van der Waals surface area contributed by atoms with Crippen molar-refractivity contribution in [3.63, 3.8) is 0 Å². The highest BCUT2D eigenvalue weighted by Gasteiger charge is 2.33. The van der Waals surface area contributed by atoms with Crippen LogP contribution in [0.1, 0.15) is 28.9 Å². The van der Waals surface area contributed by atoms with Crippen molar-refractivity contribution in [3.05, 3.63) is 53.9 Å². The Labute approximate surface area is 160 Å². The molecule has 0 saturated carbocycles. The minimum atomic E-state index is -4.48. The molecule has 148 valence electrons. The number of halogens is 3. The lowest BCUT2D eigenvalue weighted by atomic mass is 9.96. The van der Waals surface area contributed by atoms with Gasteiger partial charge < -0.3 is 15.0 Å². The zero-order valence-corrected chi connectivity index (χ0v) is 15.1. The molecule has 0 aliphatic carbocycles. The van der Waals surface area contributed by atoms with Crippen molar-refractivity contribution in [2.45, 2.75) is 25.1 Å². The summed E-state index contributed by atoms with van der Waals surface area (Å²) in [5.74, 6) is 1.15. The molecule has 5 nitrogen and oxygen atoms in total. The number of ether oxygens (including phenoxy) is 1. The van der Waals surface area contributed by atoms with E-state index >= 15 is 0 Å². The van der Waals surface area contributed by atoms with E-state index in [9.17, 15) is 18.0 Å². The van der Waals surface area contributed by atoms with Gasteiger partial charge in [-0.25, -0.2) is 4.98 Å². The van der Waals surface area contributed by atoms with Crippen LogP contribution in [0.4, 0.5) is 13.2 Å². The largest absolute Gasteiger partial charge is 0.456 e. The lowest BCUT2D eigenvalue weighted by Gasteiger charge is -2.30. The van der Waals surface area contributed by atoms with Crippen molar-refractivity contribution >= 4 is 5.91 Å². The molecule has 2 aromatic rings. The predicted octanol–water partition coefficient (Wildman–Crippen LogP) is 3.72. The van der Waals surface area contributed by atoms with Crippen LogP contribution in [0.15, 0.2) is 42.6 Å². The second-order valence-electron chi connectivity index (χ2n) is 7.32. The molecule has 1 aromatic carbocycles. The zero-order valence-electron chi connectivity index (χ0n) is 15.1. The molecular formula is C20H20F3N3O2. The van der Waals surface area contributed by atoms with Crippen LogP contribution in [0, 0.1) is 5.92 Å². The average Bonchev–Trinajstić information content (AvgIpc) is 3.00. The van der Waals surface area contributed by atoms with Gasteiger partial charge in [0.1, 0.15) is 17.2 Å². The highest BCUT2D eigenvalue weighted by atomic mass is 19.4. The van der Waals surface area contributed by atoms with E-state index < -0.39 is 11.9 Å². The van der Waals surface area contributed by atoms with Gasteiger partial charge in [0.2, 0.25) is 0 Å². The van der Waals surface area contributed by atoms with Gasteiger partial charge >= 0.3 is 6.18 Å². The van der Waals surface area contributed by atoms with Crippen molar-refractivity contribution in [1.29, 1.82) is 0 Å². The lowest BCUT2D eigenvalue weighted by Crippen LogP contribution is -2.46. The van der Waals surface area contributed by atoms with Crippen LogP contribution < -0.4 is 10.1 Å². The van der Waals surface area contributed by atoms with Gasteiger partial charge in [0.25, 0.3) is 5.91 Å². The molecule has 1 amide bonds. The van der Waals surface area contributed by atoms with Gasteiger partial charge in [0, 0.05) is 24.7 Å². The fraction of sp³-hybridized carbons (Fsp3) is 0.400. The lowest BCUT2D eigenvalue weighted by molar-refractivity contribution is -0.141. The van der Waals surface area contributed by atoms with Crippen molar-refractivity contribution in [1.82, 2.24) is 15.2 Å². The summed E-state index contributed by atoms with van der Waals surface area (Å²) in [6.45, 7) is 3.14. The number of hydrogen-bond acceptors (Lipinski definition) is 4. The molecule has 1 aromatic heterocycles. The molecule has 28 heavy (non-hydrogen) atoms. The van der Waals surface area contributed by atoms with Crippen LogP contribution in [0.2, 0.25) is 0 Å². The van der Waals surface area contributed by atoms with Gasteiger partial charge in [-0.1, -0.05) is 0 Å². The third-order valence-electron chi connectivity index (χ3n) is 5.18. The Balaban J connectivity index is 1.35. The Morgan fingerprint density at radius 2 is 1.86 bits per heavy atom. The Morgan fingerprint density at radius 3 is 2.50 bits per heavy atom. The molecule has 1 unspecified atom stereocenters. The van der Waals surface area contributed by atoms with Crippen molar-refractivity contribution in [2.75, 3.05) is 19.6 Å². The highest BCUT2D eigenvalue weighted by Crippen LogP contribution is 2.30. The number of rotatable bonds is 4. The summed E-state index contributed by atoms with van der Waals surface area (Å²) in [7, 11) is 0. The minimum Gasteiger partial charge on any atom is -0.456 e. The van der Waals surface area contributed by atoms with E-state index in [4.69, 9.17) is 4.74 Å². The molecule has 2 bridgehead atoms. The first kappa shape index (κ1) is 18.7. The third-order valence-corrected chi connectivity index (χ3v) is 5.18. The normalized spacial score (nSPS) is 24.0. The van der Waals surface area contributed by atoms with Crippen molar-refractivity contribution in [2.24, 2.45) is 5.92 Å². The molecule has 0 spiro atoms. The van der Waals surface area contributed by atoms with Crippen LogP contribution in [0.5, 0.6) is 11.5 Å². The van der Waals surface area contributed by atoms with E-state index in [1.165, 1.54) is 12.5 Å². The van der Waals surface area contributed by atoms with Gasteiger partial charge in [-0.2, -0.15) is 13.2 Å². The maximum absolute atomic E-state index is 12.5. The van der Waals surface area contributed by atoms with Crippen LogP contribution in [-0.4, -0.2) is 41.5 Å². The van der Waals surface area contributed by atoms with Gasteiger partial charge in [0.15, 0.2) is 0 Å². The van der Waals surface area contributed by atoms with Crippen LogP contribution >= 0.6 is 0 Å². The fourth-order valence-electron chi connectivity index (χ4n) is 3.85. The number of nitrogens with one attached hydrogen (secondary N) is 1. The Morgan fingerprint density at radius 1 is 1.11 bits per heavy atom. The van der Waals surface area contributed by atoms with Gasteiger partial charge in [-0.05, 0) is 61.7 Å². The topological polar surface area (TPSA) is 54.5 Å². The van der Waals surface area contributed by atoms with E-state index in [1.807, 2.05) is 0 Å². The molecule has 3 heterocycles. The highest BCUT2D eigenvalue weighted by molar-refractivity contribution is 5.94. The quantitative estimate of drug-likeness (QED) is 0.863. The number of piperidine rings is 1. The number of fused-ring (bicyclic) bond motifs is 2. The standard InChI is InChI=1S/C20H20F3N3O2/c21-20(22,23)18-6-5-17(10-24-18)28-16-3-1-14(2-4-16)19(27)25-15-9-13-7-8-26(11-13)12-15/h1-6,10,13,15H,7-9,11-12H2,(H,25,27)/t13-,15-/m1/s1. The number of pyridine rings is 1. The van der Waals surface area contributed by atoms with E-state index in [1.54, 1.807) is 24.3 Å². The van der Waals surface area contributed by atoms with Crippen LogP contribution in [0.3, 0.4) is 0 Å². The summed E-state index contributed by atoms with van der Waals surface area (Å²) in [5, 5.41) is 3.09. The minimum absolute atomic E-state index is 0.129. The maximum Gasteiger partial charge on any atom is 0.433 e. The van der Waals surface area contributed by atoms with Crippen molar-refractivity contribution < 1.29 is 22.7 Å². The molecule has 1 N–H and O–H groups in total. The van der Waals surface area contributed by atoms with E-state index in [0.29, 0.717) is 17.2 Å². The summed E-state index contributed by atoms with van der Waals surface area (Å²) in [5.41, 5.74) is -0.454.